The van der Waals surface area contributed by atoms with Crippen molar-refractivity contribution in [2.24, 2.45) is 5.92 Å². The number of benzene rings is 1. The summed E-state index contributed by atoms with van der Waals surface area (Å²) in [6.07, 6.45) is 13.1. The first kappa shape index (κ1) is 45.7. The SMILES string of the molecule is CC1=C(C)C(C)[C-]=C1[SiH3].CCCCCc1cc(O)cc(CCCCC)c1.Cl.Cl.[CH3-].[CH3-].[SiH3].[Ti+3]. The fraction of sp³-hybridized carbons (Fsp3) is 0.538. The first-order valence-corrected chi connectivity index (χ1v) is 11.5. The summed E-state index contributed by atoms with van der Waals surface area (Å²) < 4.78 is 0. The van der Waals surface area contributed by atoms with Crippen LogP contribution in [0.25, 0.3) is 0 Å². The number of unbranched alkanes of at least 4 members (excludes halogenated alkanes) is 4. The Balaban J connectivity index is -0.0000000991. The third-order valence-electron chi connectivity index (χ3n) is 5.41. The van der Waals surface area contributed by atoms with Crippen molar-refractivity contribution in [3.63, 3.8) is 0 Å². The third kappa shape index (κ3) is 17.7. The number of phenols is 1. The first-order valence-electron chi connectivity index (χ1n) is 10.5. The van der Waals surface area contributed by atoms with Crippen molar-refractivity contribution in [1.82, 2.24) is 0 Å². The summed E-state index contributed by atoms with van der Waals surface area (Å²) in [5.41, 5.74) is 5.60. The molecule has 0 amide bonds. The molecule has 1 nitrogen and oxygen atoms in total. The van der Waals surface area contributed by atoms with E-state index in [1.165, 1.54) is 66.0 Å². The van der Waals surface area contributed by atoms with Gasteiger partial charge >= 0.3 is 21.7 Å². The van der Waals surface area contributed by atoms with Gasteiger partial charge in [-0.2, -0.15) is 5.57 Å². The van der Waals surface area contributed by atoms with Crippen LogP contribution in [0.4, 0.5) is 0 Å². The maximum Gasteiger partial charge on any atom is 3.00 e. The summed E-state index contributed by atoms with van der Waals surface area (Å²) in [7, 11) is 1.16. The number of hydrogen-bond donors (Lipinski definition) is 1. The van der Waals surface area contributed by atoms with Gasteiger partial charge in [0.25, 0.3) is 0 Å². The number of hydrogen-bond acceptors (Lipinski definition) is 1. The molecule has 1 atom stereocenters. The van der Waals surface area contributed by atoms with Crippen molar-refractivity contribution in [2.45, 2.75) is 86.0 Å². The van der Waals surface area contributed by atoms with Crippen molar-refractivity contribution in [1.29, 1.82) is 0 Å². The molecule has 0 fully saturated rings. The Morgan fingerprint density at radius 2 is 1.28 bits per heavy atom. The maximum absolute atomic E-state index is 9.71. The number of allylic oxidation sites excluding steroid dienone is 4. The summed E-state index contributed by atoms with van der Waals surface area (Å²) in [5.74, 6) is 1.03. The average molecular weight is 554 g/mol. The molecule has 0 spiro atoms. The van der Waals surface area contributed by atoms with Crippen molar-refractivity contribution >= 4 is 46.0 Å². The summed E-state index contributed by atoms with van der Waals surface area (Å²) >= 11 is 0. The van der Waals surface area contributed by atoms with Crippen LogP contribution in [0.3, 0.4) is 0 Å². The largest absolute Gasteiger partial charge is 3.00 e. The van der Waals surface area contributed by atoms with Gasteiger partial charge in [-0.25, -0.2) is 10.8 Å². The van der Waals surface area contributed by atoms with Gasteiger partial charge in [-0.3, -0.25) is 6.08 Å². The normalized spacial score (nSPS) is 13.4. The Bertz CT molecular complexity index is 606. The molecule has 1 aliphatic carbocycles. The van der Waals surface area contributed by atoms with E-state index < -0.39 is 0 Å². The molecular weight excluding hydrogens is 503 g/mol. The summed E-state index contributed by atoms with van der Waals surface area (Å²) in [4.78, 5) is 0. The number of aryl methyl sites for hydroxylation is 2. The summed E-state index contributed by atoms with van der Waals surface area (Å²) in [5, 5.41) is 11.2. The molecule has 6 heteroatoms. The minimum absolute atomic E-state index is 0. The van der Waals surface area contributed by atoms with Crippen molar-refractivity contribution < 1.29 is 26.8 Å². The molecule has 2 rings (SSSR count). The predicted octanol–water partition coefficient (Wildman–Crippen LogP) is 6.44. The van der Waals surface area contributed by atoms with Crippen molar-refractivity contribution in [2.75, 3.05) is 0 Å². The van der Waals surface area contributed by atoms with Crippen LogP contribution in [-0.4, -0.2) is 26.3 Å². The molecule has 1 aromatic carbocycles. The smallest absolute Gasteiger partial charge is 0.508 e. The van der Waals surface area contributed by atoms with E-state index in [2.05, 4.69) is 46.8 Å². The Labute approximate surface area is 235 Å². The number of rotatable bonds is 8. The molecular formula is C26H50Cl2OSi2Ti. The minimum atomic E-state index is 0. The van der Waals surface area contributed by atoms with E-state index >= 15 is 0 Å². The zero-order valence-corrected chi connectivity index (χ0v) is 29.4. The van der Waals surface area contributed by atoms with Crippen LogP contribution >= 0.6 is 24.8 Å². The second kappa shape index (κ2) is 25.8. The fourth-order valence-corrected chi connectivity index (χ4v) is 4.18. The zero-order chi connectivity index (χ0) is 19.5. The molecule has 32 heavy (non-hydrogen) atoms. The molecule has 0 aromatic heterocycles. The van der Waals surface area contributed by atoms with Crippen LogP contribution in [0.5, 0.6) is 5.75 Å². The van der Waals surface area contributed by atoms with Crippen LogP contribution in [0.1, 0.15) is 84.3 Å². The van der Waals surface area contributed by atoms with Crippen LogP contribution < -0.4 is 0 Å². The quantitative estimate of drug-likeness (QED) is 0.223. The monoisotopic (exact) mass is 552 g/mol. The summed E-state index contributed by atoms with van der Waals surface area (Å²) in [6.45, 7) is 11.1. The minimum Gasteiger partial charge on any atom is -0.508 e. The molecule has 0 heterocycles. The van der Waals surface area contributed by atoms with Gasteiger partial charge in [0.2, 0.25) is 0 Å². The second-order valence-electron chi connectivity index (χ2n) is 7.72. The zero-order valence-electron chi connectivity index (χ0n) is 22.2. The predicted molar refractivity (Wildman–Crippen MR) is 156 cm³/mol. The Morgan fingerprint density at radius 1 is 0.875 bits per heavy atom. The van der Waals surface area contributed by atoms with Crippen LogP contribution in [0.2, 0.25) is 0 Å². The molecule has 0 saturated heterocycles. The number of halogens is 2. The Morgan fingerprint density at radius 3 is 1.53 bits per heavy atom. The van der Waals surface area contributed by atoms with Gasteiger partial charge in [0.15, 0.2) is 0 Å². The molecule has 186 valence electrons. The number of phenolic OH excluding ortho intramolecular Hbond substituents is 1. The van der Waals surface area contributed by atoms with Gasteiger partial charge in [0.1, 0.15) is 5.75 Å². The third-order valence-corrected chi connectivity index (χ3v) is 6.45. The van der Waals surface area contributed by atoms with Gasteiger partial charge in [-0.15, -0.1) is 31.7 Å². The molecule has 0 aliphatic heterocycles. The fourth-order valence-electron chi connectivity index (χ4n) is 3.35. The standard InChI is InChI=1S/C16H26O.C8H13Si.2CH3.2ClH.H3Si.Ti/c1-3-5-7-9-14-11-15(10-8-6-4-2)13-16(17)12-14;1-5-4-8(9)7(3)6(5)2;;;;;;/h11-13,17H,3-10H2,1-2H3;5H,1-3,9H3;2*1H3;2*1H;1H3;/q;3*-1;;;;+3. The molecule has 2 radical (unpaired) electrons. The van der Waals surface area contributed by atoms with E-state index in [1.54, 1.807) is 0 Å². The van der Waals surface area contributed by atoms with Crippen LogP contribution in [0.15, 0.2) is 34.5 Å². The average Bonchev–Trinajstić information content (AvgIpc) is 2.81. The van der Waals surface area contributed by atoms with Gasteiger partial charge < -0.3 is 20.0 Å². The Hall–Kier alpha value is 0.228. The van der Waals surface area contributed by atoms with Crippen LogP contribution in [0, 0.1) is 26.8 Å². The van der Waals surface area contributed by atoms with E-state index in [0.717, 1.165) is 23.1 Å². The Kier molecular flexibility index (Phi) is 36.9. The van der Waals surface area contributed by atoms with E-state index in [1.807, 2.05) is 12.1 Å². The first-order chi connectivity index (χ1) is 12.4. The second-order valence-corrected chi connectivity index (χ2v) is 8.72. The van der Waals surface area contributed by atoms with Gasteiger partial charge in [-0.1, -0.05) is 65.4 Å². The number of aromatic hydroxyl groups is 1. The molecule has 0 bridgehead atoms. The van der Waals surface area contributed by atoms with Crippen LogP contribution in [-0.2, 0) is 34.6 Å². The van der Waals surface area contributed by atoms with Gasteiger partial charge in [0, 0.05) is 0 Å². The topological polar surface area (TPSA) is 20.2 Å². The van der Waals surface area contributed by atoms with Gasteiger partial charge in [-0.05, 0) is 70.2 Å². The molecule has 1 aliphatic rings. The van der Waals surface area contributed by atoms with E-state index in [0.29, 0.717) is 11.7 Å². The molecule has 0 saturated carbocycles. The van der Waals surface area contributed by atoms with Crippen molar-refractivity contribution in [3.8, 4) is 5.75 Å². The van der Waals surface area contributed by atoms with E-state index in [4.69, 9.17) is 0 Å². The van der Waals surface area contributed by atoms with Gasteiger partial charge in [0.05, 0.1) is 0 Å². The van der Waals surface area contributed by atoms with Crippen molar-refractivity contribution in [3.05, 3.63) is 66.6 Å². The molecule has 1 unspecified atom stereocenters. The van der Waals surface area contributed by atoms with E-state index in [9.17, 15) is 5.11 Å². The molecule has 1 N–H and O–H groups in total. The maximum atomic E-state index is 9.71. The van der Waals surface area contributed by atoms with E-state index in [-0.39, 0.29) is 72.4 Å². The summed E-state index contributed by atoms with van der Waals surface area (Å²) in [6, 6.07) is 6.10. The molecule has 1 aromatic rings.